The van der Waals surface area contributed by atoms with Gasteiger partial charge in [-0.05, 0) is 44.4 Å². The minimum absolute atomic E-state index is 0.0629. The van der Waals surface area contributed by atoms with Gasteiger partial charge in [0.25, 0.3) is 5.91 Å². The molecule has 0 saturated carbocycles. The van der Waals surface area contributed by atoms with E-state index in [4.69, 9.17) is 5.73 Å². The van der Waals surface area contributed by atoms with E-state index in [-0.39, 0.29) is 5.91 Å². The summed E-state index contributed by atoms with van der Waals surface area (Å²) in [7, 11) is 1.82. The zero-order valence-corrected chi connectivity index (χ0v) is 14.2. The minimum atomic E-state index is 0.0629. The molecule has 0 aliphatic carbocycles. The van der Waals surface area contributed by atoms with Crippen LogP contribution in [0.5, 0.6) is 0 Å². The number of rotatable bonds is 3. The van der Waals surface area contributed by atoms with Gasteiger partial charge in [-0.25, -0.2) is 4.98 Å². The Kier molecular flexibility index (Phi) is 4.69. The summed E-state index contributed by atoms with van der Waals surface area (Å²) in [6.45, 7) is 3.42. The second-order valence-electron chi connectivity index (χ2n) is 6.33. The zero-order valence-electron chi connectivity index (χ0n) is 14.2. The average molecular weight is 328 g/mol. The van der Waals surface area contributed by atoms with E-state index in [1.807, 2.05) is 31.0 Å². The Morgan fingerprint density at radius 3 is 2.83 bits per heavy atom. The zero-order chi connectivity index (χ0) is 17.1. The molecule has 3 heterocycles. The van der Waals surface area contributed by atoms with Crippen molar-refractivity contribution < 1.29 is 4.79 Å². The van der Waals surface area contributed by atoms with Crippen molar-refractivity contribution in [2.45, 2.75) is 32.2 Å². The number of likely N-dealkylation sites (tertiary alicyclic amines) is 1. The van der Waals surface area contributed by atoms with E-state index in [1.165, 1.54) is 0 Å². The van der Waals surface area contributed by atoms with Crippen molar-refractivity contribution in [1.29, 1.82) is 0 Å². The molecule has 1 aliphatic rings. The lowest BCUT2D eigenvalue weighted by Gasteiger charge is -2.21. The van der Waals surface area contributed by atoms with Crippen LogP contribution >= 0.6 is 0 Å². The first-order valence-electron chi connectivity index (χ1n) is 8.31. The van der Waals surface area contributed by atoms with Crippen molar-refractivity contribution in [3.8, 4) is 0 Å². The molecular weight excluding hydrogens is 304 g/mol. The van der Waals surface area contributed by atoms with E-state index in [1.54, 1.807) is 16.9 Å². The molecule has 128 valence electrons. The summed E-state index contributed by atoms with van der Waals surface area (Å²) in [5.41, 5.74) is 8.11. The number of hydrogen-bond donors (Lipinski definition) is 2. The van der Waals surface area contributed by atoms with Crippen LogP contribution < -0.4 is 11.1 Å². The Hall–Kier alpha value is -2.57. The number of aromatic nitrogens is 3. The maximum absolute atomic E-state index is 12.7. The summed E-state index contributed by atoms with van der Waals surface area (Å²) in [6, 6.07) is 5.92. The van der Waals surface area contributed by atoms with Crippen LogP contribution in [0, 0.1) is 6.92 Å². The van der Waals surface area contributed by atoms with Gasteiger partial charge >= 0.3 is 0 Å². The quantitative estimate of drug-likeness (QED) is 0.897. The van der Waals surface area contributed by atoms with E-state index in [9.17, 15) is 4.79 Å². The van der Waals surface area contributed by atoms with E-state index >= 15 is 0 Å². The van der Waals surface area contributed by atoms with Gasteiger partial charge in [-0.15, -0.1) is 0 Å². The van der Waals surface area contributed by atoms with Crippen LogP contribution in [0.2, 0.25) is 0 Å². The van der Waals surface area contributed by atoms with Crippen LogP contribution in [0.3, 0.4) is 0 Å². The summed E-state index contributed by atoms with van der Waals surface area (Å²) in [4.78, 5) is 18.7. The molecule has 0 radical (unpaired) electrons. The summed E-state index contributed by atoms with van der Waals surface area (Å²) < 4.78 is 1.67. The summed E-state index contributed by atoms with van der Waals surface area (Å²) in [6.07, 6.45) is 4.66. The molecule has 7 nitrogen and oxygen atoms in total. The second kappa shape index (κ2) is 6.90. The molecule has 1 atom stereocenters. The Bertz CT molecular complexity index is 708. The Morgan fingerprint density at radius 2 is 2.17 bits per heavy atom. The number of aryl methyl sites for hydroxylation is 2. The van der Waals surface area contributed by atoms with Crippen LogP contribution in [-0.4, -0.2) is 44.7 Å². The molecule has 0 unspecified atom stereocenters. The van der Waals surface area contributed by atoms with E-state index in [0.29, 0.717) is 17.6 Å². The average Bonchev–Trinajstić information content (AvgIpc) is 2.75. The van der Waals surface area contributed by atoms with Crippen molar-refractivity contribution in [3.63, 3.8) is 0 Å². The number of nitrogens with two attached hydrogens (primary N) is 1. The minimum Gasteiger partial charge on any atom is -0.384 e. The number of anilines is 2. The lowest BCUT2D eigenvalue weighted by atomic mass is 10.1. The molecule has 2 aromatic heterocycles. The lowest BCUT2D eigenvalue weighted by molar-refractivity contribution is 0.0750. The van der Waals surface area contributed by atoms with E-state index in [0.717, 1.165) is 43.7 Å². The monoisotopic (exact) mass is 328 g/mol. The molecular formula is C17H24N6O. The molecule has 1 aliphatic heterocycles. The molecule has 24 heavy (non-hydrogen) atoms. The number of carbonyl (C=O) groups is 1. The second-order valence-corrected chi connectivity index (χ2v) is 6.33. The fourth-order valence-corrected chi connectivity index (χ4v) is 3.14. The van der Waals surface area contributed by atoms with Gasteiger partial charge in [0.05, 0.1) is 17.6 Å². The molecule has 3 rings (SSSR count). The fraction of sp³-hybridized carbons (Fsp3) is 0.471. The third kappa shape index (κ3) is 3.67. The molecule has 0 spiro atoms. The predicted octanol–water partition coefficient (Wildman–Crippen LogP) is 1.81. The van der Waals surface area contributed by atoms with Gasteiger partial charge in [0, 0.05) is 26.2 Å². The fourth-order valence-electron chi connectivity index (χ4n) is 3.14. The number of nitrogens with one attached hydrogen (secondary N) is 1. The van der Waals surface area contributed by atoms with E-state index < -0.39 is 0 Å². The van der Waals surface area contributed by atoms with Crippen molar-refractivity contribution in [2.24, 2.45) is 7.05 Å². The van der Waals surface area contributed by atoms with Crippen molar-refractivity contribution in [1.82, 2.24) is 19.7 Å². The highest BCUT2D eigenvalue weighted by atomic mass is 16.2. The van der Waals surface area contributed by atoms with Crippen molar-refractivity contribution in [3.05, 3.63) is 35.8 Å². The van der Waals surface area contributed by atoms with Gasteiger partial charge in [-0.2, -0.15) is 5.10 Å². The van der Waals surface area contributed by atoms with Gasteiger partial charge < -0.3 is 16.0 Å². The standard InChI is InChI=1S/C17H24N6O/c1-12-10-15(22(2)21-12)17(24)23-8-3-4-13(7-9-23)20-14-5-6-16(18)19-11-14/h5-6,10-11,13,20H,3-4,7-9H2,1-2H3,(H2,18,19)/t13-/m1/s1. The normalized spacial score (nSPS) is 18.2. The van der Waals surface area contributed by atoms with Crippen LogP contribution in [0.1, 0.15) is 35.4 Å². The topological polar surface area (TPSA) is 89.1 Å². The summed E-state index contributed by atoms with van der Waals surface area (Å²) in [5.74, 6) is 0.581. The third-order valence-electron chi connectivity index (χ3n) is 4.39. The number of nitrogen functional groups attached to an aromatic ring is 1. The molecule has 2 aromatic rings. The van der Waals surface area contributed by atoms with Crippen LogP contribution in [0.4, 0.5) is 11.5 Å². The Morgan fingerprint density at radius 1 is 1.33 bits per heavy atom. The van der Waals surface area contributed by atoms with E-state index in [2.05, 4.69) is 15.4 Å². The molecule has 1 amide bonds. The number of nitrogens with zero attached hydrogens (tertiary/aromatic N) is 4. The molecule has 1 fully saturated rings. The summed E-state index contributed by atoms with van der Waals surface area (Å²) in [5, 5.41) is 7.76. The predicted molar refractivity (Wildman–Crippen MR) is 93.8 cm³/mol. The van der Waals surface area contributed by atoms with Gasteiger partial charge in [0.2, 0.25) is 0 Å². The van der Waals surface area contributed by atoms with Crippen LogP contribution in [0.25, 0.3) is 0 Å². The highest BCUT2D eigenvalue weighted by Crippen LogP contribution is 2.18. The highest BCUT2D eigenvalue weighted by molar-refractivity contribution is 5.92. The van der Waals surface area contributed by atoms with Gasteiger partial charge in [0.1, 0.15) is 11.5 Å². The van der Waals surface area contributed by atoms with Crippen LogP contribution in [0.15, 0.2) is 24.4 Å². The highest BCUT2D eigenvalue weighted by Gasteiger charge is 2.23. The SMILES string of the molecule is Cc1cc(C(=O)N2CCC[C@@H](Nc3ccc(N)nc3)CC2)n(C)n1. The molecule has 3 N–H and O–H groups in total. The summed E-state index contributed by atoms with van der Waals surface area (Å²) >= 11 is 0. The number of hydrogen-bond acceptors (Lipinski definition) is 5. The number of carbonyl (C=O) groups excluding carboxylic acids is 1. The van der Waals surface area contributed by atoms with Crippen LogP contribution in [-0.2, 0) is 7.05 Å². The first-order chi connectivity index (χ1) is 11.5. The Labute approximate surface area is 141 Å². The smallest absolute Gasteiger partial charge is 0.272 e. The first kappa shape index (κ1) is 16.3. The van der Waals surface area contributed by atoms with Crippen molar-refractivity contribution in [2.75, 3.05) is 24.1 Å². The maximum Gasteiger partial charge on any atom is 0.272 e. The Balaban J connectivity index is 1.61. The van der Waals surface area contributed by atoms with Gasteiger partial charge in [0.15, 0.2) is 0 Å². The third-order valence-corrected chi connectivity index (χ3v) is 4.39. The molecule has 0 bridgehead atoms. The molecule has 7 heteroatoms. The molecule has 1 saturated heterocycles. The van der Waals surface area contributed by atoms with Gasteiger partial charge in [-0.3, -0.25) is 9.48 Å². The largest absolute Gasteiger partial charge is 0.384 e. The lowest BCUT2D eigenvalue weighted by Crippen LogP contribution is -2.33. The number of pyridine rings is 1. The maximum atomic E-state index is 12.7. The first-order valence-corrected chi connectivity index (χ1v) is 8.31. The van der Waals surface area contributed by atoms with Crippen molar-refractivity contribution >= 4 is 17.4 Å². The van der Waals surface area contributed by atoms with Gasteiger partial charge in [-0.1, -0.05) is 0 Å². The molecule has 0 aromatic carbocycles. The number of amides is 1.